The van der Waals surface area contributed by atoms with Crippen molar-refractivity contribution in [3.8, 4) is 0 Å². The molecule has 0 fully saturated rings. The number of carbonyl (C=O) groups is 1. The molecule has 0 unspecified atom stereocenters. The van der Waals surface area contributed by atoms with Crippen molar-refractivity contribution in [2.24, 2.45) is 8.45 Å². The Labute approximate surface area is 204 Å². The molecule has 11 heteroatoms. The van der Waals surface area contributed by atoms with Gasteiger partial charge >= 0.3 is 205 Å². The molecular weight excluding hydrogens is 571 g/mol. The molecule has 2 aliphatic rings. The third-order valence-corrected chi connectivity index (χ3v) is 55.6. The van der Waals surface area contributed by atoms with Crippen LogP contribution in [0.4, 0.5) is 0 Å². The van der Waals surface area contributed by atoms with Crippen LogP contribution in [0.2, 0.25) is 78.6 Å². The van der Waals surface area contributed by atoms with E-state index in [1.807, 2.05) is 24.3 Å². The van der Waals surface area contributed by atoms with Gasteiger partial charge in [-0.15, -0.1) is 0 Å². The molecule has 0 saturated carbocycles. The summed E-state index contributed by atoms with van der Waals surface area (Å²) in [6, 6.07) is 7.79. The van der Waals surface area contributed by atoms with E-state index in [-0.39, 0.29) is 5.78 Å². The van der Waals surface area contributed by atoms with Crippen LogP contribution < -0.4 is 0 Å². The Kier molecular flexibility index (Phi) is 6.63. The van der Waals surface area contributed by atoms with Crippen LogP contribution in [-0.2, 0) is 3.07 Å². The van der Waals surface area contributed by atoms with Crippen molar-refractivity contribution in [1.82, 2.24) is 4.91 Å². The molecule has 0 saturated heterocycles. The Bertz CT molecular complexity index is 941. The standard InChI is InChI=1S/C9H5N2O2.2C6H18NSi2.Sn/c10-11-7-8(12)5-3-1-2-4-6(5)9(7)13;2*1-8(2,3)7-9(4,5)6;/h1-4,12H;2*1-6H3;/q3*-1;+4/p-1. The molecule has 1 aliphatic heterocycles. The van der Waals surface area contributed by atoms with E-state index in [9.17, 15) is 4.79 Å². The number of fused-ring (bicyclic) bond motifs is 2. The summed E-state index contributed by atoms with van der Waals surface area (Å²) in [6.07, 6.45) is 0. The fourth-order valence-corrected chi connectivity index (χ4v) is 66.8. The van der Waals surface area contributed by atoms with Crippen LogP contribution in [0.3, 0.4) is 0 Å². The van der Waals surface area contributed by atoms with Crippen molar-refractivity contribution < 1.29 is 7.87 Å². The van der Waals surface area contributed by atoms with Crippen LogP contribution >= 0.6 is 0 Å². The Hall–Kier alpha value is -0.384. The van der Waals surface area contributed by atoms with Crippen molar-refractivity contribution in [2.75, 3.05) is 0 Å². The second-order valence-corrected chi connectivity index (χ2v) is 44.9. The van der Waals surface area contributed by atoms with E-state index in [2.05, 4.69) is 83.5 Å². The molecule has 1 aromatic rings. The second kappa shape index (κ2) is 8.09. The van der Waals surface area contributed by atoms with Gasteiger partial charge in [0.2, 0.25) is 0 Å². The van der Waals surface area contributed by atoms with Crippen molar-refractivity contribution in [1.29, 1.82) is 0 Å². The van der Waals surface area contributed by atoms with Gasteiger partial charge in [0.25, 0.3) is 0 Å². The zero-order valence-corrected chi connectivity index (χ0v) is 28.8. The predicted molar refractivity (Wildman–Crippen MR) is 146 cm³/mol. The zero-order valence-electron chi connectivity index (χ0n) is 21.9. The molecular formula is C21H40N4O2Si4Sn. The number of carbonyl (C=O) groups excluding carboxylic acids is 1. The van der Waals surface area contributed by atoms with Crippen LogP contribution in [0, 0.1) is 0 Å². The minimum absolute atomic E-state index is 0.0562. The van der Waals surface area contributed by atoms with Crippen molar-refractivity contribution in [3.63, 3.8) is 0 Å². The fraction of sp³-hybridized carbons (Fsp3) is 0.571. The second-order valence-electron chi connectivity index (χ2n) is 12.8. The van der Waals surface area contributed by atoms with Gasteiger partial charge in [0.1, 0.15) is 0 Å². The summed E-state index contributed by atoms with van der Waals surface area (Å²) in [5, 5.41) is 4.77. The van der Waals surface area contributed by atoms with Crippen molar-refractivity contribution in [2.45, 2.75) is 78.6 Å². The maximum atomic E-state index is 13.1. The van der Waals surface area contributed by atoms with Gasteiger partial charge in [-0.1, -0.05) is 0 Å². The van der Waals surface area contributed by atoms with E-state index in [4.69, 9.17) is 11.5 Å². The van der Waals surface area contributed by atoms with Crippen LogP contribution in [0.15, 0.2) is 38.4 Å². The SMILES string of the molecule is C[Si](C)(C)[N]([Si](C)(C)C)[Sn]1([N]([Si](C)(C)C)[Si](C)(C)C)[N]=NC2=C([O]1)c1ccccc1C2=O. The Morgan fingerprint density at radius 2 is 1.12 bits per heavy atom. The maximum absolute atomic E-state index is 13.1. The Balaban J connectivity index is 2.36. The Morgan fingerprint density at radius 3 is 1.53 bits per heavy atom. The number of hydrogen-bond donors (Lipinski definition) is 0. The van der Waals surface area contributed by atoms with Gasteiger partial charge in [-0.05, 0) is 0 Å². The summed E-state index contributed by atoms with van der Waals surface area (Å²) in [5.74, 6) is 0.638. The van der Waals surface area contributed by atoms with Crippen LogP contribution in [0.5, 0.6) is 0 Å². The van der Waals surface area contributed by atoms with E-state index < -0.39 is 52.6 Å². The fourth-order valence-electron chi connectivity index (χ4n) is 5.74. The molecule has 0 amide bonds. The average molecular weight is 612 g/mol. The first-order chi connectivity index (χ1) is 14.3. The number of benzene rings is 1. The van der Waals surface area contributed by atoms with Crippen molar-refractivity contribution in [3.05, 3.63) is 41.1 Å². The molecule has 176 valence electrons. The van der Waals surface area contributed by atoms with Gasteiger partial charge in [0.05, 0.1) is 0 Å². The van der Waals surface area contributed by atoms with Gasteiger partial charge in [0, 0.05) is 0 Å². The van der Waals surface area contributed by atoms with Gasteiger partial charge in [0.15, 0.2) is 0 Å². The van der Waals surface area contributed by atoms with Crippen LogP contribution in [-0.4, -0.2) is 63.2 Å². The topological polar surface area (TPSA) is 57.5 Å². The monoisotopic (exact) mass is 612 g/mol. The first-order valence-electron chi connectivity index (χ1n) is 11.4. The van der Waals surface area contributed by atoms with E-state index in [1.54, 1.807) is 0 Å². The average Bonchev–Trinajstić information content (AvgIpc) is 2.82. The number of rotatable bonds is 6. The first kappa shape index (κ1) is 26.2. The number of ketones is 1. The molecule has 0 atom stereocenters. The number of hydrogen-bond acceptors (Lipinski definition) is 6. The van der Waals surface area contributed by atoms with Gasteiger partial charge in [-0.3, -0.25) is 0 Å². The van der Waals surface area contributed by atoms with E-state index in [0.717, 1.165) is 5.56 Å². The summed E-state index contributed by atoms with van der Waals surface area (Å²) in [4.78, 5) is 13.1. The van der Waals surface area contributed by atoms with Gasteiger partial charge in [-0.25, -0.2) is 0 Å². The molecule has 1 heterocycles. The first-order valence-corrected chi connectivity index (χ1v) is 30.2. The van der Waals surface area contributed by atoms with E-state index >= 15 is 0 Å². The molecule has 1 aromatic carbocycles. The molecule has 1 aliphatic carbocycles. The molecule has 3 rings (SSSR count). The Morgan fingerprint density at radius 1 is 0.719 bits per heavy atom. The molecule has 0 aromatic heterocycles. The summed E-state index contributed by atoms with van der Waals surface area (Å²) in [7, 11) is -7.40. The summed E-state index contributed by atoms with van der Waals surface area (Å²) < 4.78 is 18.2. The summed E-state index contributed by atoms with van der Waals surface area (Å²) in [6.45, 7) is 29.1. The van der Waals surface area contributed by atoms with E-state index in [0.29, 0.717) is 17.0 Å². The third kappa shape index (κ3) is 4.48. The predicted octanol–water partition coefficient (Wildman–Crippen LogP) is 6.41. The molecule has 0 spiro atoms. The van der Waals surface area contributed by atoms with Crippen molar-refractivity contribution >= 4 is 64.1 Å². The van der Waals surface area contributed by atoms with E-state index in [1.165, 1.54) is 0 Å². The minimum atomic E-state index is -4.18. The number of nitrogens with zero attached hydrogens (tertiary/aromatic N) is 4. The molecule has 0 radical (unpaired) electrons. The number of Topliss-reactive ketones (excluding diaryl/α,β-unsaturated/α-hetero) is 1. The quantitative estimate of drug-likeness (QED) is 0.349. The molecule has 32 heavy (non-hydrogen) atoms. The van der Waals surface area contributed by atoms with Crippen LogP contribution in [0.1, 0.15) is 15.9 Å². The van der Waals surface area contributed by atoms with Gasteiger partial charge in [-0.2, -0.15) is 0 Å². The molecule has 6 nitrogen and oxygen atoms in total. The number of allylic oxidation sites excluding steroid dienone is 1. The van der Waals surface area contributed by atoms with Crippen LogP contribution in [0.25, 0.3) is 5.76 Å². The third-order valence-electron chi connectivity index (χ3n) is 5.63. The molecule has 0 N–H and O–H groups in total. The van der Waals surface area contributed by atoms with Gasteiger partial charge < -0.3 is 0 Å². The summed E-state index contributed by atoms with van der Waals surface area (Å²) in [5.41, 5.74) is 1.99. The summed E-state index contributed by atoms with van der Waals surface area (Å²) >= 11 is -4.18. The zero-order chi connectivity index (χ0) is 24.5. The normalized spacial score (nSPS) is 18.9. The molecule has 0 bridgehead atoms.